The van der Waals surface area contributed by atoms with Crippen LogP contribution in [0, 0.1) is 11.8 Å². The summed E-state index contributed by atoms with van der Waals surface area (Å²) >= 11 is 0. The Bertz CT molecular complexity index is 537. The summed E-state index contributed by atoms with van der Waals surface area (Å²) in [7, 11) is 1.61. The number of amides is 1. The smallest absolute Gasteiger partial charge is 0.251 e. The number of hydrogen-bond acceptors (Lipinski definition) is 4. The van der Waals surface area contributed by atoms with Crippen molar-refractivity contribution in [2.45, 2.75) is 25.7 Å². The average Bonchev–Trinajstić information content (AvgIpc) is 3.43. The third-order valence-electron chi connectivity index (χ3n) is 4.57. The van der Waals surface area contributed by atoms with Crippen molar-refractivity contribution in [3.8, 4) is 11.5 Å². The summed E-state index contributed by atoms with van der Waals surface area (Å²) in [4.78, 5) is 12.4. The molecule has 2 fully saturated rings. The first kappa shape index (κ1) is 16.1. The molecule has 1 heterocycles. The topological polar surface area (TPSA) is 59.6 Å². The van der Waals surface area contributed by atoms with E-state index in [1.165, 1.54) is 12.8 Å². The van der Waals surface area contributed by atoms with Crippen molar-refractivity contribution in [3.05, 3.63) is 23.8 Å². The number of carbonyl (C=O) groups is 1. The van der Waals surface area contributed by atoms with Crippen molar-refractivity contribution in [1.82, 2.24) is 10.6 Å². The molecule has 1 aromatic carbocycles. The monoisotopic (exact) mass is 318 g/mol. The van der Waals surface area contributed by atoms with Gasteiger partial charge in [0.15, 0.2) is 0 Å². The number of carbonyl (C=O) groups excluding carboxylic acids is 1. The molecule has 23 heavy (non-hydrogen) atoms. The van der Waals surface area contributed by atoms with E-state index in [0.29, 0.717) is 28.9 Å². The Balaban J connectivity index is 1.59. The quantitative estimate of drug-likeness (QED) is 0.809. The predicted molar refractivity (Wildman–Crippen MR) is 89.1 cm³/mol. The molecule has 0 aromatic heterocycles. The molecule has 0 spiro atoms. The summed E-state index contributed by atoms with van der Waals surface area (Å²) in [6, 6.07) is 5.41. The number of methoxy groups -OCH3 is 1. The average molecular weight is 318 g/mol. The maximum Gasteiger partial charge on any atom is 0.251 e. The minimum atomic E-state index is -0.0568. The Labute approximate surface area is 137 Å². The van der Waals surface area contributed by atoms with Gasteiger partial charge in [-0.1, -0.05) is 0 Å². The fourth-order valence-corrected chi connectivity index (χ4v) is 2.83. The van der Waals surface area contributed by atoms with E-state index in [0.717, 1.165) is 39.1 Å². The summed E-state index contributed by atoms with van der Waals surface area (Å²) in [5.74, 6) is 2.56. The van der Waals surface area contributed by atoms with Gasteiger partial charge >= 0.3 is 0 Å². The summed E-state index contributed by atoms with van der Waals surface area (Å²) in [5.41, 5.74) is 0.601. The lowest BCUT2D eigenvalue weighted by Crippen LogP contribution is -2.35. The minimum absolute atomic E-state index is 0.0568. The van der Waals surface area contributed by atoms with Crippen LogP contribution in [0.4, 0.5) is 0 Å². The van der Waals surface area contributed by atoms with Crippen molar-refractivity contribution >= 4 is 5.91 Å². The van der Waals surface area contributed by atoms with Gasteiger partial charge in [0.25, 0.3) is 5.91 Å². The first-order valence-electron chi connectivity index (χ1n) is 8.55. The van der Waals surface area contributed by atoms with E-state index in [4.69, 9.17) is 9.47 Å². The molecule has 1 saturated heterocycles. The largest absolute Gasteiger partial charge is 0.497 e. The van der Waals surface area contributed by atoms with E-state index in [1.807, 2.05) is 12.1 Å². The maximum absolute atomic E-state index is 12.4. The third kappa shape index (κ3) is 4.86. The van der Waals surface area contributed by atoms with Gasteiger partial charge in [-0.2, -0.15) is 0 Å². The molecular weight excluding hydrogens is 292 g/mol. The first-order chi connectivity index (χ1) is 11.2. The molecule has 1 amide bonds. The fourth-order valence-electron chi connectivity index (χ4n) is 2.83. The second-order valence-corrected chi connectivity index (χ2v) is 6.55. The summed E-state index contributed by atoms with van der Waals surface area (Å²) in [6.45, 7) is 3.54. The van der Waals surface area contributed by atoms with Crippen molar-refractivity contribution < 1.29 is 14.3 Å². The van der Waals surface area contributed by atoms with Crippen molar-refractivity contribution in [3.63, 3.8) is 0 Å². The van der Waals surface area contributed by atoms with E-state index in [1.54, 1.807) is 13.2 Å². The van der Waals surface area contributed by atoms with Crippen LogP contribution >= 0.6 is 0 Å². The van der Waals surface area contributed by atoms with Gasteiger partial charge in [-0.05, 0) is 62.7 Å². The van der Waals surface area contributed by atoms with Crippen LogP contribution in [0.1, 0.15) is 36.0 Å². The number of rotatable bonds is 7. The van der Waals surface area contributed by atoms with Gasteiger partial charge in [0, 0.05) is 18.2 Å². The molecule has 2 aliphatic rings. The van der Waals surface area contributed by atoms with Crippen LogP contribution in [0.5, 0.6) is 11.5 Å². The maximum atomic E-state index is 12.4. The van der Waals surface area contributed by atoms with Crippen LogP contribution in [-0.4, -0.2) is 39.3 Å². The molecule has 5 heteroatoms. The predicted octanol–water partition coefficient (Wildman–Crippen LogP) is 2.21. The van der Waals surface area contributed by atoms with E-state index in [-0.39, 0.29) is 5.91 Å². The standard InChI is InChI=1S/C18H26N2O3/c1-22-16-8-15(9-17(10-16)23-12-14-2-3-14)18(21)20-11-13-4-6-19-7-5-13/h8-10,13-14,19H,2-7,11-12H2,1H3,(H,20,21). The number of benzene rings is 1. The summed E-state index contributed by atoms with van der Waals surface area (Å²) in [5, 5.41) is 6.39. The van der Waals surface area contributed by atoms with Gasteiger partial charge < -0.3 is 20.1 Å². The molecule has 1 aromatic rings. The van der Waals surface area contributed by atoms with Crippen LogP contribution in [-0.2, 0) is 0 Å². The molecule has 3 rings (SSSR count). The molecule has 126 valence electrons. The lowest BCUT2D eigenvalue weighted by molar-refractivity contribution is 0.0943. The third-order valence-corrected chi connectivity index (χ3v) is 4.57. The zero-order valence-corrected chi connectivity index (χ0v) is 13.8. The van der Waals surface area contributed by atoms with Gasteiger partial charge in [0.2, 0.25) is 0 Å². The lowest BCUT2D eigenvalue weighted by Gasteiger charge is -2.22. The van der Waals surface area contributed by atoms with E-state index >= 15 is 0 Å². The molecule has 2 N–H and O–H groups in total. The van der Waals surface area contributed by atoms with Gasteiger partial charge in [0.05, 0.1) is 13.7 Å². The number of hydrogen-bond donors (Lipinski definition) is 2. The van der Waals surface area contributed by atoms with Crippen LogP contribution in [0.3, 0.4) is 0 Å². The highest BCUT2D eigenvalue weighted by atomic mass is 16.5. The number of piperidine rings is 1. The van der Waals surface area contributed by atoms with Crippen LogP contribution in [0.2, 0.25) is 0 Å². The molecule has 5 nitrogen and oxygen atoms in total. The molecule has 0 radical (unpaired) electrons. The highest BCUT2D eigenvalue weighted by Gasteiger charge is 2.22. The highest BCUT2D eigenvalue weighted by Crippen LogP contribution is 2.30. The normalized spacial score (nSPS) is 18.5. The van der Waals surface area contributed by atoms with E-state index in [2.05, 4.69) is 10.6 Å². The molecule has 0 atom stereocenters. The highest BCUT2D eigenvalue weighted by molar-refractivity contribution is 5.95. The zero-order valence-electron chi connectivity index (χ0n) is 13.8. The Morgan fingerprint density at radius 2 is 1.87 bits per heavy atom. The number of ether oxygens (including phenoxy) is 2. The van der Waals surface area contributed by atoms with Crippen molar-refractivity contribution in [1.29, 1.82) is 0 Å². The molecule has 1 aliphatic heterocycles. The Morgan fingerprint density at radius 3 is 2.57 bits per heavy atom. The SMILES string of the molecule is COc1cc(OCC2CC2)cc(C(=O)NCC2CCNCC2)c1. The molecule has 1 saturated carbocycles. The summed E-state index contributed by atoms with van der Waals surface area (Å²) < 4.78 is 11.1. The van der Waals surface area contributed by atoms with E-state index in [9.17, 15) is 4.79 Å². The molecule has 0 unspecified atom stereocenters. The molecular formula is C18H26N2O3. The Morgan fingerprint density at radius 1 is 1.13 bits per heavy atom. The molecule has 0 bridgehead atoms. The number of nitrogens with one attached hydrogen (secondary N) is 2. The van der Waals surface area contributed by atoms with Gasteiger partial charge in [-0.25, -0.2) is 0 Å². The lowest BCUT2D eigenvalue weighted by atomic mass is 9.98. The van der Waals surface area contributed by atoms with Crippen LogP contribution < -0.4 is 20.1 Å². The fraction of sp³-hybridized carbons (Fsp3) is 0.611. The minimum Gasteiger partial charge on any atom is -0.497 e. The van der Waals surface area contributed by atoms with Gasteiger partial charge in [-0.15, -0.1) is 0 Å². The van der Waals surface area contributed by atoms with Gasteiger partial charge in [-0.3, -0.25) is 4.79 Å². The van der Waals surface area contributed by atoms with E-state index < -0.39 is 0 Å². The zero-order chi connectivity index (χ0) is 16.1. The van der Waals surface area contributed by atoms with Crippen LogP contribution in [0.25, 0.3) is 0 Å². The van der Waals surface area contributed by atoms with Crippen molar-refractivity contribution in [2.24, 2.45) is 11.8 Å². The Kier molecular flexibility index (Phi) is 5.39. The summed E-state index contributed by atoms with van der Waals surface area (Å²) in [6.07, 6.45) is 4.73. The van der Waals surface area contributed by atoms with Crippen LogP contribution in [0.15, 0.2) is 18.2 Å². The molecule has 1 aliphatic carbocycles. The second kappa shape index (κ2) is 7.68. The second-order valence-electron chi connectivity index (χ2n) is 6.55. The van der Waals surface area contributed by atoms with Crippen molar-refractivity contribution in [2.75, 3.05) is 33.4 Å². The first-order valence-corrected chi connectivity index (χ1v) is 8.55. The Hall–Kier alpha value is -1.75. The van der Waals surface area contributed by atoms with Gasteiger partial charge in [0.1, 0.15) is 11.5 Å².